The van der Waals surface area contributed by atoms with E-state index in [4.69, 9.17) is 5.11 Å². The van der Waals surface area contributed by atoms with Crippen LogP contribution in [0.4, 0.5) is 8.78 Å². The molecule has 0 aliphatic heterocycles. The van der Waals surface area contributed by atoms with Crippen LogP contribution in [-0.2, 0) is 11.2 Å². The Balaban J connectivity index is 2.65. The van der Waals surface area contributed by atoms with E-state index in [-0.39, 0.29) is 12.0 Å². The van der Waals surface area contributed by atoms with Crippen molar-refractivity contribution in [3.05, 3.63) is 35.4 Å². The van der Waals surface area contributed by atoms with Gasteiger partial charge in [0, 0.05) is 0 Å². The first-order chi connectivity index (χ1) is 7.00. The van der Waals surface area contributed by atoms with Crippen LogP contribution in [0.5, 0.6) is 0 Å². The normalized spacial score (nSPS) is 12.5. The number of rotatable bonds is 4. The standard InChI is InChI=1S/C11H12F2O2/c1-7(11(14)15)2-3-8-6-9(12)4-5-10(8)13/h4-7H,2-3H2,1H3,(H,14,15)/t7-/m0/s1. The van der Waals surface area contributed by atoms with E-state index in [1.54, 1.807) is 6.92 Å². The molecule has 4 heteroatoms. The Morgan fingerprint density at radius 2 is 2.13 bits per heavy atom. The third-order valence-electron chi connectivity index (χ3n) is 2.28. The molecule has 0 aliphatic carbocycles. The molecule has 15 heavy (non-hydrogen) atoms. The number of halogens is 2. The van der Waals surface area contributed by atoms with Crippen molar-refractivity contribution in [2.45, 2.75) is 19.8 Å². The summed E-state index contributed by atoms with van der Waals surface area (Å²) in [5.41, 5.74) is 0.225. The Morgan fingerprint density at radius 1 is 1.47 bits per heavy atom. The van der Waals surface area contributed by atoms with Gasteiger partial charge in [0.1, 0.15) is 11.6 Å². The van der Waals surface area contributed by atoms with Crippen LogP contribution < -0.4 is 0 Å². The molecule has 0 unspecified atom stereocenters. The van der Waals surface area contributed by atoms with Crippen LogP contribution in [0.1, 0.15) is 18.9 Å². The van der Waals surface area contributed by atoms with Crippen LogP contribution in [0.25, 0.3) is 0 Å². The first-order valence-electron chi connectivity index (χ1n) is 4.67. The highest BCUT2D eigenvalue weighted by atomic mass is 19.1. The third kappa shape index (κ3) is 3.31. The quantitative estimate of drug-likeness (QED) is 0.836. The van der Waals surface area contributed by atoms with Crippen molar-refractivity contribution in [1.82, 2.24) is 0 Å². The lowest BCUT2D eigenvalue weighted by Gasteiger charge is -2.06. The van der Waals surface area contributed by atoms with E-state index in [9.17, 15) is 13.6 Å². The van der Waals surface area contributed by atoms with Gasteiger partial charge >= 0.3 is 5.97 Å². The van der Waals surface area contributed by atoms with Crippen LogP contribution >= 0.6 is 0 Å². The van der Waals surface area contributed by atoms with Gasteiger partial charge in [0.2, 0.25) is 0 Å². The van der Waals surface area contributed by atoms with Crippen molar-refractivity contribution < 1.29 is 18.7 Å². The van der Waals surface area contributed by atoms with Gasteiger partial charge in [-0.15, -0.1) is 0 Å². The van der Waals surface area contributed by atoms with E-state index in [0.717, 1.165) is 18.2 Å². The van der Waals surface area contributed by atoms with Gasteiger partial charge < -0.3 is 5.11 Å². The Hall–Kier alpha value is -1.45. The minimum absolute atomic E-state index is 0.225. The highest BCUT2D eigenvalue weighted by Gasteiger charge is 2.12. The lowest BCUT2D eigenvalue weighted by Crippen LogP contribution is -2.10. The van der Waals surface area contributed by atoms with Gasteiger partial charge in [-0.1, -0.05) is 6.92 Å². The van der Waals surface area contributed by atoms with E-state index >= 15 is 0 Å². The monoisotopic (exact) mass is 214 g/mol. The van der Waals surface area contributed by atoms with Crippen molar-refractivity contribution in [2.24, 2.45) is 5.92 Å². The van der Waals surface area contributed by atoms with E-state index in [1.807, 2.05) is 0 Å². The average Bonchev–Trinajstić information content (AvgIpc) is 2.18. The molecule has 1 N–H and O–H groups in total. The summed E-state index contributed by atoms with van der Waals surface area (Å²) in [7, 11) is 0. The second-order valence-corrected chi connectivity index (χ2v) is 3.51. The fourth-order valence-electron chi connectivity index (χ4n) is 1.23. The molecule has 0 aromatic heterocycles. The van der Waals surface area contributed by atoms with E-state index in [2.05, 4.69) is 0 Å². The van der Waals surface area contributed by atoms with Gasteiger partial charge in [0.15, 0.2) is 0 Å². The Morgan fingerprint density at radius 3 is 2.73 bits per heavy atom. The van der Waals surface area contributed by atoms with E-state index in [1.165, 1.54) is 0 Å². The van der Waals surface area contributed by atoms with E-state index in [0.29, 0.717) is 6.42 Å². The summed E-state index contributed by atoms with van der Waals surface area (Å²) >= 11 is 0. The lowest BCUT2D eigenvalue weighted by molar-refractivity contribution is -0.141. The maximum absolute atomic E-state index is 13.1. The Labute approximate surface area is 86.5 Å². The Bertz CT molecular complexity index is 364. The van der Waals surface area contributed by atoms with Gasteiger partial charge in [-0.3, -0.25) is 4.79 Å². The summed E-state index contributed by atoms with van der Waals surface area (Å²) in [5, 5.41) is 8.62. The van der Waals surface area contributed by atoms with Crippen LogP contribution in [-0.4, -0.2) is 11.1 Å². The molecule has 2 nitrogen and oxygen atoms in total. The molecule has 0 fully saturated rings. The molecule has 1 rings (SSSR count). The molecule has 0 bridgehead atoms. The van der Waals surface area contributed by atoms with Gasteiger partial charge in [-0.05, 0) is 36.6 Å². The number of hydrogen-bond donors (Lipinski definition) is 1. The van der Waals surface area contributed by atoms with Crippen molar-refractivity contribution in [3.63, 3.8) is 0 Å². The molecule has 1 atom stereocenters. The largest absolute Gasteiger partial charge is 0.481 e. The number of hydrogen-bond acceptors (Lipinski definition) is 1. The van der Waals surface area contributed by atoms with Gasteiger partial charge in [-0.2, -0.15) is 0 Å². The molecule has 0 spiro atoms. The Kier molecular flexibility index (Phi) is 3.77. The molecule has 0 amide bonds. The number of aliphatic carboxylic acids is 1. The zero-order chi connectivity index (χ0) is 11.4. The van der Waals surface area contributed by atoms with Crippen molar-refractivity contribution in [2.75, 3.05) is 0 Å². The minimum atomic E-state index is -0.924. The summed E-state index contributed by atoms with van der Waals surface area (Å²) < 4.78 is 25.9. The molecule has 0 saturated carbocycles. The van der Waals surface area contributed by atoms with Gasteiger partial charge in [0.25, 0.3) is 0 Å². The van der Waals surface area contributed by atoms with Gasteiger partial charge in [0.05, 0.1) is 5.92 Å². The molecule has 1 aromatic carbocycles. The number of aryl methyl sites for hydroxylation is 1. The molecular formula is C11H12F2O2. The maximum atomic E-state index is 13.1. The van der Waals surface area contributed by atoms with Crippen molar-refractivity contribution in [3.8, 4) is 0 Å². The third-order valence-corrected chi connectivity index (χ3v) is 2.28. The number of carboxylic acids is 1. The molecule has 0 saturated heterocycles. The fourth-order valence-corrected chi connectivity index (χ4v) is 1.23. The molecule has 0 radical (unpaired) electrons. The van der Waals surface area contributed by atoms with E-state index < -0.39 is 23.5 Å². The van der Waals surface area contributed by atoms with Crippen molar-refractivity contribution in [1.29, 1.82) is 0 Å². The van der Waals surface area contributed by atoms with Gasteiger partial charge in [-0.25, -0.2) is 8.78 Å². The number of carbonyl (C=O) groups is 1. The topological polar surface area (TPSA) is 37.3 Å². The van der Waals surface area contributed by atoms with Crippen LogP contribution in [0.3, 0.4) is 0 Å². The summed E-state index contributed by atoms with van der Waals surface area (Å²) in [6.07, 6.45) is 0.534. The highest BCUT2D eigenvalue weighted by Crippen LogP contribution is 2.14. The molecule has 82 valence electrons. The molecule has 1 aromatic rings. The summed E-state index contributed by atoms with van der Waals surface area (Å²) in [6, 6.07) is 3.19. The maximum Gasteiger partial charge on any atom is 0.306 e. The van der Waals surface area contributed by atoms with Crippen LogP contribution in [0.15, 0.2) is 18.2 Å². The predicted octanol–water partition coefficient (Wildman–Crippen LogP) is 2.62. The molecular weight excluding hydrogens is 202 g/mol. The summed E-state index contributed by atoms with van der Waals surface area (Å²) in [4.78, 5) is 10.5. The lowest BCUT2D eigenvalue weighted by atomic mass is 10.0. The minimum Gasteiger partial charge on any atom is -0.481 e. The first-order valence-corrected chi connectivity index (χ1v) is 4.67. The van der Waals surface area contributed by atoms with Crippen LogP contribution in [0.2, 0.25) is 0 Å². The zero-order valence-electron chi connectivity index (χ0n) is 8.34. The second-order valence-electron chi connectivity index (χ2n) is 3.51. The highest BCUT2D eigenvalue weighted by molar-refractivity contribution is 5.69. The fraction of sp³-hybridized carbons (Fsp3) is 0.364. The molecule has 0 aliphatic rings. The average molecular weight is 214 g/mol. The summed E-state index contributed by atoms with van der Waals surface area (Å²) in [6.45, 7) is 1.54. The zero-order valence-corrected chi connectivity index (χ0v) is 8.34. The number of carboxylic acid groups (broad SMARTS) is 1. The first kappa shape index (κ1) is 11.6. The number of benzene rings is 1. The smallest absolute Gasteiger partial charge is 0.306 e. The predicted molar refractivity (Wildman–Crippen MR) is 51.5 cm³/mol. The molecule has 0 heterocycles. The SMILES string of the molecule is C[C@@H](CCc1cc(F)ccc1F)C(=O)O. The summed E-state index contributed by atoms with van der Waals surface area (Å²) in [5.74, 6) is -2.47. The van der Waals surface area contributed by atoms with Crippen LogP contribution in [0, 0.1) is 17.6 Å². The second kappa shape index (κ2) is 4.87. The van der Waals surface area contributed by atoms with Crippen molar-refractivity contribution >= 4 is 5.97 Å².